The average molecular weight is 309 g/mol. The zero-order valence-corrected chi connectivity index (χ0v) is 13.6. The Labute approximate surface area is 131 Å². The maximum absolute atomic E-state index is 5.90. The number of hydrogen-bond acceptors (Lipinski definition) is 5. The summed E-state index contributed by atoms with van der Waals surface area (Å²) in [6, 6.07) is 0. The number of aliphatic imine (C=N–C) groups is 1. The molecule has 0 aliphatic heterocycles. The number of rotatable bonds is 7. The third-order valence-electron chi connectivity index (χ3n) is 3.73. The van der Waals surface area contributed by atoms with Crippen molar-refractivity contribution in [2.24, 2.45) is 4.99 Å². The lowest BCUT2D eigenvalue weighted by Crippen LogP contribution is -2.37. The van der Waals surface area contributed by atoms with Crippen molar-refractivity contribution in [1.29, 1.82) is 0 Å². The molecule has 0 saturated heterocycles. The molecule has 1 fully saturated rings. The molecule has 1 aliphatic carbocycles. The number of hydrogen-bond donors (Lipinski definition) is 2. The van der Waals surface area contributed by atoms with E-state index in [4.69, 9.17) is 9.26 Å². The third-order valence-corrected chi connectivity index (χ3v) is 3.73. The number of aryl methyl sites for hydroxylation is 1. The van der Waals surface area contributed by atoms with Crippen molar-refractivity contribution >= 4 is 5.96 Å². The Hall–Kier alpha value is -1.63. The molecule has 1 aromatic heterocycles. The molecular weight excluding hydrogens is 282 g/mol. The molecule has 2 rings (SSSR count). The van der Waals surface area contributed by atoms with Crippen molar-refractivity contribution in [1.82, 2.24) is 20.8 Å². The Balaban J connectivity index is 1.54. The van der Waals surface area contributed by atoms with Crippen LogP contribution in [0.2, 0.25) is 0 Å². The number of aromatic nitrogens is 2. The monoisotopic (exact) mass is 309 g/mol. The summed E-state index contributed by atoms with van der Waals surface area (Å²) in [6.45, 7) is 3.90. The SMILES string of the molecule is CN=C(NCCCOC1CCCCC1)NCc1noc(C)n1. The zero-order valence-electron chi connectivity index (χ0n) is 13.6. The second kappa shape index (κ2) is 9.40. The smallest absolute Gasteiger partial charge is 0.223 e. The van der Waals surface area contributed by atoms with Crippen molar-refractivity contribution in [2.45, 2.75) is 58.1 Å². The molecular formula is C15H27N5O2. The average Bonchev–Trinajstić information content (AvgIpc) is 2.96. The van der Waals surface area contributed by atoms with Crippen LogP contribution in [0.4, 0.5) is 0 Å². The Morgan fingerprint density at radius 2 is 2.14 bits per heavy atom. The molecule has 1 aromatic rings. The van der Waals surface area contributed by atoms with E-state index in [0.717, 1.165) is 25.5 Å². The predicted molar refractivity (Wildman–Crippen MR) is 84.7 cm³/mol. The summed E-state index contributed by atoms with van der Waals surface area (Å²) in [5.41, 5.74) is 0. The molecule has 2 N–H and O–H groups in total. The molecule has 1 saturated carbocycles. The van der Waals surface area contributed by atoms with E-state index < -0.39 is 0 Å². The molecule has 1 aliphatic rings. The van der Waals surface area contributed by atoms with Gasteiger partial charge in [-0.3, -0.25) is 4.99 Å². The summed E-state index contributed by atoms with van der Waals surface area (Å²) in [7, 11) is 1.75. The molecule has 7 nitrogen and oxygen atoms in total. The number of nitrogens with one attached hydrogen (secondary N) is 2. The summed E-state index contributed by atoms with van der Waals surface area (Å²) in [5.74, 6) is 1.93. The van der Waals surface area contributed by atoms with Gasteiger partial charge in [-0.1, -0.05) is 24.4 Å². The molecule has 0 aromatic carbocycles. The van der Waals surface area contributed by atoms with Gasteiger partial charge in [0.2, 0.25) is 5.89 Å². The van der Waals surface area contributed by atoms with E-state index in [2.05, 4.69) is 25.8 Å². The van der Waals surface area contributed by atoms with E-state index in [1.165, 1.54) is 32.1 Å². The highest BCUT2D eigenvalue weighted by Crippen LogP contribution is 2.20. The fourth-order valence-electron chi connectivity index (χ4n) is 2.56. The molecule has 0 amide bonds. The topological polar surface area (TPSA) is 84.6 Å². The Morgan fingerprint density at radius 1 is 1.32 bits per heavy atom. The number of guanidine groups is 1. The van der Waals surface area contributed by atoms with E-state index in [0.29, 0.717) is 24.4 Å². The van der Waals surface area contributed by atoms with Crippen LogP contribution in [0, 0.1) is 6.92 Å². The van der Waals surface area contributed by atoms with Gasteiger partial charge in [0.15, 0.2) is 11.8 Å². The minimum atomic E-state index is 0.479. The second-order valence-electron chi connectivity index (χ2n) is 5.57. The number of nitrogens with zero attached hydrogens (tertiary/aromatic N) is 3. The van der Waals surface area contributed by atoms with Crippen molar-refractivity contribution < 1.29 is 9.26 Å². The highest BCUT2D eigenvalue weighted by molar-refractivity contribution is 5.79. The molecule has 22 heavy (non-hydrogen) atoms. The van der Waals surface area contributed by atoms with Crippen molar-refractivity contribution in [3.63, 3.8) is 0 Å². The fraction of sp³-hybridized carbons (Fsp3) is 0.800. The van der Waals surface area contributed by atoms with Crippen LogP contribution in [0.25, 0.3) is 0 Å². The number of ether oxygens (including phenoxy) is 1. The van der Waals surface area contributed by atoms with Crippen molar-refractivity contribution in [2.75, 3.05) is 20.2 Å². The van der Waals surface area contributed by atoms with Crippen LogP contribution in [0.15, 0.2) is 9.52 Å². The Morgan fingerprint density at radius 3 is 2.82 bits per heavy atom. The first-order valence-electron chi connectivity index (χ1n) is 8.13. The van der Waals surface area contributed by atoms with Crippen LogP contribution in [-0.2, 0) is 11.3 Å². The first-order chi connectivity index (χ1) is 10.8. The first kappa shape index (κ1) is 16.7. The molecule has 0 bridgehead atoms. The van der Waals surface area contributed by atoms with Crippen LogP contribution in [0.5, 0.6) is 0 Å². The summed E-state index contributed by atoms with van der Waals surface area (Å²) < 4.78 is 10.8. The van der Waals surface area contributed by atoms with Gasteiger partial charge in [-0.2, -0.15) is 4.98 Å². The van der Waals surface area contributed by atoms with Crippen LogP contribution >= 0.6 is 0 Å². The second-order valence-corrected chi connectivity index (χ2v) is 5.57. The standard InChI is InChI=1S/C15H27N5O2/c1-12-19-14(20-22-12)11-18-15(16-2)17-9-6-10-21-13-7-4-3-5-8-13/h13H,3-11H2,1-2H3,(H2,16,17,18). The van der Waals surface area contributed by atoms with Gasteiger partial charge in [-0.15, -0.1) is 0 Å². The fourth-order valence-corrected chi connectivity index (χ4v) is 2.56. The van der Waals surface area contributed by atoms with E-state index in [-0.39, 0.29) is 0 Å². The van der Waals surface area contributed by atoms with E-state index in [1.807, 2.05) is 0 Å². The highest BCUT2D eigenvalue weighted by Gasteiger charge is 2.13. The summed E-state index contributed by atoms with van der Waals surface area (Å²) >= 11 is 0. The van der Waals surface area contributed by atoms with Gasteiger partial charge in [0.05, 0.1) is 12.6 Å². The normalized spacial score (nSPS) is 16.7. The van der Waals surface area contributed by atoms with Gasteiger partial charge in [-0.25, -0.2) is 0 Å². The molecule has 0 unspecified atom stereocenters. The Kier molecular flexibility index (Phi) is 7.15. The Bertz CT molecular complexity index is 455. The summed E-state index contributed by atoms with van der Waals surface area (Å²) in [4.78, 5) is 8.30. The highest BCUT2D eigenvalue weighted by atomic mass is 16.5. The zero-order chi connectivity index (χ0) is 15.6. The molecule has 7 heteroatoms. The van der Waals surface area contributed by atoms with Crippen molar-refractivity contribution in [3.05, 3.63) is 11.7 Å². The molecule has 1 heterocycles. The molecule has 0 radical (unpaired) electrons. The largest absolute Gasteiger partial charge is 0.378 e. The lowest BCUT2D eigenvalue weighted by molar-refractivity contribution is 0.0277. The minimum Gasteiger partial charge on any atom is -0.378 e. The maximum atomic E-state index is 5.90. The van der Waals surface area contributed by atoms with E-state index in [9.17, 15) is 0 Å². The van der Waals surface area contributed by atoms with Crippen LogP contribution in [-0.4, -0.2) is 42.4 Å². The van der Waals surface area contributed by atoms with Crippen LogP contribution in [0.3, 0.4) is 0 Å². The minimum absolute atomic E-state index is 0.479. The van der Waals surface area contributed by atoms with Gasteiger partial charge in [0.25, 0.3) is 0 Å². The summed E-state index contributed by atoms with van der Waals surface area (Å²) in [6.07, 6.45) is 7.89. The summed E-state index contributed by atoms with van der Waals surface area (Å²) in [5, 5.41) is 10.2. The van der Waals surface area contributed by atoms with Gasteiger partial charge in [0.1, 0.15) is 0 Å². The molecule has 0 atom stereocenters. The van der Waals surface area contributed by atoms with Gasteiger partial charge in [0, 0.05) is 27.1 Å². The van der Waals surface area contributed by atoms with Crippen LogP contribution in [0.1, 0.15) is 50.2 Å². The quantitative estimate of drug-likeness (QED) is 0.454. The van der Waals surface area contributed by atoms with Crippen LogP contribution < -0.4 is 10.6 Å². The maximum Gasteiger partial charge on any atom is 0.223 e. The third kappa shape index (κ3) is 6.01. The first-order valence-corrected chi connectivity index (χ1v) is 8.13. The van der Waals surface area contributed by atoms with E-state index in [1.54, 1.807) is 14.0 Å². The van der Waals surface area contributed by atoms with Gasteiger partial charge >= 0.3 is 0 Å². The van der Waals surface area contributed by atoms with Gasteiger partial charge in [-0.05, 0) is 19.3 Å². The van der Waals surface area contributed by atoms with Gasteiger partial charge < -0.3 is 19.9 Å². The lowest BCUT2D eigenvalue weighted by atomic mass is 9.98. The molecule has 0 spiro atoms. The predicted octanol–water partition coefficient (Wildman–Crippen LogP) is 1.78. The lowest BCUT2D eigenvalue weighted by Gasteiger charge is -2.22. The van der Waals surface area contributed by atoms with Crippen molar-refractivity contribution in [3.8, 4) is 0 Å². The van der Waals surface area contributed by atoms with E-state index >= 15 is 0 Å². The molecule has 124 valence electrons.